The maximum atomic E-state index is 12.3. The number of hydrogen-bond donors (Lipinski definition) is 1. The average Bonchev–Trinajstić information content (AvgIpc) is 2.38. The van der Waals surface area contributed by atoms with Crippen LogP contribution in [0.5, 0.6) is 0 Å². The van der Waals surface area contributed by atoms with Crippen molar-refractivity contribution in [1.82, 2.24) is 9.80 Å². The molecule has 0 spiro atoms. The van der Waals surface area contributed by atoms with E-state index in [9.17, 15) is 13.2 Å². The van der Waals surface area contributed by atoms with Gasteiger partial charge in [0.1, 0.15) is 5.84 Å². The molecule has 1 fully saturated rings. The molecule has 0 bridgehead atoms. The molecule has 1 aromatic rings. The predicted molar refractivity (Wildman–Crippen MR) is 67.3 cm³/mol. The molecule has 0 unspecified atom stereocenters. The normalized spacial score (nSPS) is 17.5. The molecule has 0 radical (unpaired) electrons. The summed E-state index contributed by atoms with van der Waals surface area (Å²) in [5.41, 5.74) is 0.798. The van der Waals surface area contributed by atoms with Gasteiger partial charge < -0.3 is 4.90 Å². The molecular formula is C13H16F3N3. The molecule has 3 nitrogen and oxygen atoms in total. The van der Waals surface area contributed by atoms with E-state index in [1.54, 1.807) is 0 Å². The van der Waals surface area contributed by atoms with Crippen LogP contribution in [0.3, 0.4) is 0 Å². The number of amidine groups is 1. The Morgan fingerprint density at radius 3 is 2.16 bits per heavy atom. The van der Waals surface area contributed by atoms with Crippen LogP contribution in [0.25, 0.3) is 0 Å². The van der Waals surface area contributed by atoms with Gasteiger partial charge >= 0.3 is 6.18 Å². The third kappa shape index (κ3) is 3.96. The van der Waals surface area contributed by atoms with Crippen LogP contribution in [0.4, 0.5) is 13.2 Å². The molecule has 0 aromatic heterocycles. The number of nitrogens with zero attached hydrogens (tertiary/aromatic N) is 2. The molecular weight excluding hydrogens is 255 g/mol. The van der Waals surface area contributed by atoms with Crippen molar-refractivity contribution in [1.29, 1.82) is 5.41 Å². The topological polar surface area (TPSA) is 30.3 Å². The van der Waals surface area contributed by atoms with Gasteiger partial charge in [-0.05, 0) is 0 Å². The Morgan fingerprint density at radius 1 is 1.05 bits per heavy atom. The largest absolute Gasteiger partial charge is 0.401 e. The maximum Gasteiger partial charge on any atom is 0.401 e. The van der Waals surface area contributed by atoms with E-state index in [1.165, 1.54) is 4.90 Å². The Bertz CT molecular complexity index is 423. The van der Waals surface area contributed by atoms with Crippen molar-refractivity contribution in [2.24, 2.45) is 0 Å². The van der Waals surface area contributed by atoms with Gasteiger partial charge in [0.05, 0.1) is 6.54 Å². The Hall–Kier alpha value is -1.56. The van der Waals surface area contributed by atoms with Crippen LogP contribution >= 0.6 is 0 Å². The third-order valence-corrected chi connectivity index (χ3v) is 3.14. The SMILES string of the molecule is N=C(c1ccccc1)N1CCN(CC(F)(F)F)CC1. The lowest BCUT2D eigenvalue weighted by Gasteiger charge is -2.36. The van der Waals surface area contributed by atoms with Gasteiger partial charge in [0.25, 0.3) is 0 Å². The third-order valence-electron chi connectivity index (χ3n) is 3.14. The predicted octanol–water partition coefficient (Wildman–Crippen LogP) is 2.19. The summed E-state index contributed by atoms with van der Waals surface area (Å²) in [5.74, 6) is 0.382. The lowest BCUT2D eigenvalue weighted by atomic mass is 10.1. The van der Waals surface area contributed by atoms with E-state index in [0.29, 0.717) is 32.0 Å². The number of rotatable bonds is 2. The Morgan fingerprint density at radius 2 is 1.63 bits per heavy atom. The van der Waals surface area contributed by atoms with E-state index in [0.717, 1.165) is 5.56 Å². The molecule has 1 aromatic carbocycles. The van der Waals surface area contributed by atoms with Crippen molar-refractivity contribution in [3.63, 3.8) is 0 Å². The molecule has 1 aliphatic rings. The summed E-state index contributed by atoms with van der Waals surface area (Å²) in [7, 11) is 0. The highest BCUT2D eigenvalue weighted by Crippen LogP contribution is 2.18. The second kappa shape index (κ2) is 5.61. The second-order valence-corrected chi connectivity index (χ2v) is 4.59. The molecule has 1 heterocycles. The molecule has 19 heavy (non-hydrogen) atoms. The molecule has 0 saturated carbocycles. The number of benzene rings is 1. The highest BCUT2D eigenvalue weighted by Gasteiger charge is 2.32. The van der Waals surface area contributed by atoms with Crippen LogP contribution in [0.2, 0.25) is 0 Å². The van der Waals surface area contributed by atoms with Gasteiger partial charge in [0.2, 0.25) is 0 Å². The highest BCUT2D eigenvalue weighted by atomic mass is 19.4. The minimum atomic E-state index is -4.14. The van der Waals surface area contributed by atoms with Crippen molar-refractivity contribution >= 4 is 5.84 Å². The van der Waals surface area contributed by atoms with Crippen molar-refractivity contribution < 1.29 is 13.2 Å². The summed E-state index contributed by atoms with van der Waals surface area (Å²) in [6.45, 7) is 0.747. The highest BCUT2D eigenvalue weighted by molar-refractivity contribution is 5.96. The molecule has 6 heteroatoms. The van der Waals surface area contributed by atoms with Crippen LogP contribution in [0.15, 0.2) is 30.3 Å². The summed E-state index contributed by atoms with van der Waals surface area (Å²) in [6.07, 6.45) is -4.14. The average molecular weight is 271 g/mol. The van der Waals surface area contributed by atoms with E-state index in [1.807, 2.05) is 35.2 Å². The number of hydrogen-bond acceptors (Lipinski definition) is 2. The monoisotopic (exact) mass is 271 g/mol. The van der Waals surface area contributed by atoms with Crippen LogP contribution in [-0.2, 0) is 0 Å². The summed E-state index contributed by atoms with van der Waals surface area (Å²) in [5, 5.41) is 8.06. The smallest absolute Gasteiger partial charge is 0.354 e. The summed E-state index contributed by atoms with van der Waals surface area (Å²) in [6, 6.07) is 9.25. The fourth-order valence-corrected chi connectivity index (χ4v) is 2.16. The fourth-order valence-electron chi connectivity index (χ4n) is 2.16. The van der Waals surface area contributed by atoms with E-state index in [2.05, 4.69) is 0 Å². The van der Waals surface area contributed by atoms with Gasteiger partial charge in [-0.3, -0.25) is 10.3 Å². The van der Waals surface area contributed by atoms with Crippen LogP contribution in [0.1, 0.15) is 5.56 Å². The van der Waals surface area contributed by atoms with E-state index < -0.39 is 12.7 Å². The molecule has 0 aliphatic carbocycles. The first-order valence-corrected chi connectivity index (χ1v) is 6.14. The molecule has 1 N–H and O–H groups in total. The minimum absolute atomic E-state index is 0.342. The van der Waals surface area contributed by atoms with Gasteiger partial charge in [-0.1, -0.05) is 30.3 Å². The van der Waals surface area contributed by atoms with E-state index in [-0.39, 0.29) is 0 Å². The standard InChI is InChI=1S/C13H16F3N3/c14-13(15,16)10-18-6-8-19(9-7-18)12(17)11-4-2-1-3-5-11/h1-5,17H,6-10H2. The number of nitrogens with one attached hydrogen (secondary N) is 1. The first-order valence-electron chi connectivity index (χ1n) is 6.14. The molecule has 0 atom stereocenters. The number of halogens is 3. The quantitative estimate of drug-likeness (QED) is 0.660. The van der Waals surface area contributed by atoms with Crippen LogP contribution in [0, 0.1) is 5.41 Å². The second-order valence-electron chi connectivity index (χ2n) is 4.59. The zero-order valence-electron chi connectivity index (χ0n) is 10.5. The van der Waals surface area contributed by atoms with Gasteiger partial charge in [-0.25, -0.2) is 0 Å². The maximum absolute atomic E-state index is 12.3. The molecule has 104 valence electrons. The van der Waals surface area contributed by atoms with Crippen molar-refractivity contribution in [2.75, 3.05) is 32.7 Å². The molecule has 0 amide bonds. The Kier molecular flexibility index (Phi) is 4.09. The van der Waals surface area contributed by atoms with Crippen molar-refractivity contribution in [3.8, 4) is 0 Å². The van der Waals surface area contributed by atoms with Gasteiger partial charge in [-0.15, -0.1) is 0 Å². The number of alkyl halides is 3. The van der Waals surface area contributed by atoms with Crippen LogP contribution in [-0.4, -0.2) is 54.5 Å². The van der Waals surface area contributed by atoms with E-state index in [4.69, 9.17) is 5.41 Å². The zero-order chi connectivity index (χ0) is 13.9. The zero-order valence-corrected chi connectivity index (χ0v) is 10.5. The van der Waals surface area contributed by atoms with Gasteiger partial charge in [0, 0.05) is 31.7 Å². The summed E-state index contributed by atoms with van der Waals surface area (Å²) < 4.78 is 36.8. The van der Waals surface area contributed by atoms with Crippen molar-refractivity contribution in [2.45, 2.75) is 6.18 Å². The van der Waals surface area contributed by atoms with Gasteiger partial charge in [-0.2, -0.15) is 13.2 Å². The first kappa shape index (κ1) is 13.9. The summed E-state index contributed by atoms with van der Waals surface area (Å²) >= 11 is 0. The number of piperazine rings is 1. The van der Waals surface area contributed by atoms with Gasteiger partial charge in [0.15, 0.2) is 0 Å². The Balaban J connectivity index is 1.88. The summed E-state index contributed by atoms with van der Waals surface area (Å²) in [4.78, 5) is 3.21. The minimum Gasteiger partial charge on any atom is -0.354 e. The molecule has 1 aliphatic heterocycles. The Labute approximate surface area is 110 Å². The lowest BCUT2D eigenvalue weighted by molar-refractivity contribution is -0.148. The first-order chi connectivity index (χ1) is 8.96. The van der Waals surface area contributed by atoms with Crippen molar-refractivity contribution in [3.05, 3.63) is 35.9 Å². The lowest BCUT2D eigenvalue weighted by Crippen LogP contribution is -2.50. The fraction of sp³-hybridized carbons (Fsp3) is 0.462. The molecule has 1 saturated heterocycles. The van der Waals surface area contributed by atoms with Crippen LogP contribution < -0.4 is 0 Å². The van der Waals surface area contributed by atoms with E-state index >= 15 is 0 Å². The molecule has 2 rings (SSSR count).